The molecule has 0 aliphatic carbocycles. The molecule has 0 spiro atoms. The van der Waals surface area contributed by atoms with Crippen molar-refractivity contribution in [2.75, 3.05) is 42.1 Å². The van der Waals surface area contributed by atoms with E-state index in [1.807, 2.05) is 24.0 Å². The fourth-order valence-corrected chi connectivity index (χ4v) is 5.14. The minimum absolute atomic E-state index is 0.157. The van der Waals surface area contributed by atoms with Crippen LogP contribution in [0.1, 0.15) is 21.5 Å². The van der Waals surface area contributed by atoms with Gasteiger partial charge in [-0.05, 0) is 42.8 Å². The van der Waals surface area contributed by atoms with Crippen LogP contribution in [0, 0.1) is 6.92 Å². The molecule has 182 valence electrons. The van der Waals surface area contributed by atoms with Gasteiger partial charge in [-0.25, -0.2) is 18.4 Å². The number of carbonyl (C=O) groups is 2. The lowest BCUT2D eigenvalue weighted by Gasteiger charge is -2.34. The number of amides is 2. The molecule has 4 rings (SSSR count). The van der Waals surface area contributed by atoms with E-state index in [0.29, 0.717) is 48.9 Å². The number of aryl methyl sites for hydroxylation is 1. The molecule has 1 N–H and O–H groups in total. The number of aromatic nitrogens is 2. The molecule has 0 bridgehead atoms. The first-order valence-electron chi connectivity index (χ1n) is 11.3. The minimum Gasteiger partial charge on any atom is -0.337 e. The van der Waals surface area contributed by atoms with Gasteiger partial charge >= 0.3 is 0 Å². The summed E-state index contributed by atoms with van der Waals surface area (Å²) in [4.78, 5) is 37.5. The van der Waals surface area contributed by atoms with Gasteiger partial charge in [0.05, 0.1) is 5.75 Å². The van der Waals surface area contributed by atoms with Crippen LogP contribution < -0.4 is 10.2 Å². The summed E-state index contributed by atoms with van der Waals surface area (Å²) >= 11 is 0. The number of carbonyl (C=O) groups excluding carboxylic acids is 2. The van der Waals surface area contributed by atoms with E-state index in [0.717, 1.165) is 5.56 Å². The summed E-state index contributed by atoms with van der Waals surface area (Å²) in [5, 5.41) is 2.61. The maximum Gasteiger partial charge on any atom is 0.253 e. The van der Waals surface area contributed by atoms with Gasteiger partial charge < -0.3 is 15.1 Å². The molecule has 35 heavy (non-hydrogen) atoms. The number of sulfone groups is 1. The predicted octanol–water partition coefficient (Wildman–Crippen LogP) is 2.30. The molecule has 0 atom stereocenters. The third-order valence-electron chi connectivity index (χ3n) is 5.65. The van der Waals surface area contributed by atoms with Crippen LogP contribution in [0.15, 0.2) is 67.0 Å². The fourth-order valence-electron chi connectivity index (χ4n) is 3.88. The van der Waals surface area contributed by atoms with Gasteiger partial charge in [0, 0.05) is 49.8 Å². The lowest BCUT2D eigenvalue weighted by Crippen LogP contribution is -2.49. The van der Waals surface area contributed by atoms with Crippen molar-refractivity contribution in [3.63, 3.8) is 0 Å². The molecule has 2 amide bonds. The third kappa shape index (κ3) is 6.63. The first kappa shape index (κ1) is 24.3. The number of anilines is 2. The maximum atomic E-state index is 13.0. The Morgan fingerprint density at radius 3 is 2.31 bits per heavy atom. The van der Waals surface area contributed by atoms with Crippen molar-refractivity contribution in [1.82, 2.24) is 14.9 Å². The van der Waals surface area contributed by atoms with Crippen LogP contribution in [-0.2, 0) is 20.4 Å². The summed E-state index contributed by atoms with van der Waals surface area (Å²) in [6.07, 6.45) is 3.37. The minimum atomic E-state index is -3.72. The van der Waals surface area contributed by atoms with Gasteiger partial charge in [-0.1, -0.05) is 29.8 Å². The van der Waals surface area contributed by atoms with Gasteiger partial charge in [0.2, 0.25) is 11.9 Å². The first-order chi connectivity index (χ1) is 16.8. The predicted molar refractivity (Wildman–Crippen MR) is 134 cm³/mol. The highest BCUT2D eigenvalue weighted by atomic mass is 32.2. The molecule has 1 aliphatic heterocycles. The molecule has 1 saturated heterocycles. The Morgan fingerprint density at radius 1 is 0.943 bits per heavy atom. The first-order valence-corrected chi connectivity index (χ1v) is 13.1. The van der Waals surface area contributed by atoms with Crippen LogP contribution in [0.5, 0.6) is 0 Å². The Labute approximate surface area is 204 Å². The van der Waals surface area contributed by atoms with Crippen molar-refractivity contribution >= 4 is 33.3 Å². The van der Waals surface area contributed by atoms with E-state index in [4.69, 9.17) is 0 Å². The molecule has 9 nitrogen and oxygen atoms in total. The molecule has 10 heteroatoms. The van der Waals surface area contributed by atoms with Gasteiger partial charge in [0.15, 0.2) is 9.84 Å². The van der Waals surface area contributed by atoms with Gasteiger partial charge in [-0.3, -0.25) is 9.59 Å². The average molecular weight is 494 g/mol. The van der Waals surface area contributed by atoms with Crippen LogP contribution in [0.2, 0.25) is 0 Å². The van der Waals surface area contributed by atoms with Crippen molar-refractivity contribution in [2.24, 2.45) is 0 Å². The largest absolute Gasteiger partial charge is 0.337 e. The molecule has 0 radical (unpaired) electrons. The Balaban J connectivity index is 1.34. The molecule has 0 saturated carbocycles. The Hall–Kier alpha value is -3.79. The van der Waals surface area contributed by atoms with Crippen molar-refractivity contribution in [3.8, 4) is 0 Å². The summed E-state index contributed by atoms with van der Waals surface area (Å²) in [6.45, 7) is 4.17. The van der Waals surface area contributed by atoms with Crippen molar-refractivity contribution < 1.29 is 18.0 Å². The number of rotatable bonds is 7. The highest BCUT2D eigenvalue weighted by Crippen LogP contribution is 2.16. The van der Waals surface area contributed by atoms with Crippen molar-refractivity contribution in [1.29, 1.82) is 0 Å². The zero-order chi connectivity index (χ0) is 24.8. The number of piperazine rings is 1. The fraction of sp³-hybridized carbons (Fsp3) is 0.280. The zero-order valence-electron chi connectivity index (χ0n) is 19.4. The number of hydrogen-bond donors (Lipinski definition) is 1. The second kappa shape index (κ2) is 10.6. The van der Waals surface area contributed by atoms with E-state index in [9.17, 15) is 18.0 Å². The molecular formula is C25H27N5O4S. The zero-order valence-corrected chi connectivity index (χ0v) is 20.2. The number of hydrogen-bond acceptors (Lipinski definition) is 7. The molecule has 0 unspecified atom stereocenters. The summed E-state index contributed by atoms with van der Waals surface area (Å²) in [5.74, 6) is -1.08. The van der Waals surface area contributed by atoms with E-state index < -0.39 is 21.5 Å². The van der Waals surface area contributed by atoms with Crippen LogP contribution in [0.25, 0.3) is 0 Å². The molecule has 1 aliphatic rings. The van der Waals surface area contributed by atoms with Gasteiger partial charge in [-0.2, -0.15) is 0 Å². The molecule has 2 aromatic carbocycles. The quantitative estimate of drug-likeness (QED) is 0.537. The van der Waals surface area contributed by atoms with Crippen LogP contribution in [0.3, 0.4) is 0 Å². The molecule has 3 aromatic rings. The molecular weight excluding hydrogens is 466 g/mol. The van der Waals surface area contributed by atoms with E-state index >= 15 is 0 Å². The van der Waals surface area contributed by atoms with Crippen molar-refractivity contribution in [3.05, 3.63) is 83.7 Å². The highest BCUT2D eigenvalue weighted by molar-refractivity contribution is 7.91. The summed E-state index contributed by atoms with van der Waals surface area (Å²) in [7, 11) is -3.72. The second-order valence-electron chi connectivity index (χ2n) is 8.47. The summed E-state index contributed by atoms with van der Waals surface area (Å²) < 4.78 is 25.3. The number of benzene rings is 2. The molecule has 2 heterocycles. The van der Waals surface area contributed by atoms with Gasteiger partial charge in [0.1, 0.15) is 5.75 Å². The topological polar surface area (TPSA) is 113 Å². The van der Waals surface area contributed by atoms with Crippen LogP contribution in [0.4, 0.5) is 11.6 Å². The standard InChI is InChI=1S/C25H27N5O4S/c1-19-6-8-22(9-7-19)28-23(31)18-35(33,34)17-20-4-2-5-21(16-20)24(32)29-12-14-30(15-13-29)25-26-10-3-11-27-25/h2-11,16H,12-15,17-18H2,1H3,(H,28,31). The SMILES string of the molecule is Cc1ccc(NC(=O)CS(=O)(=O)Cc2cccc(C(=O)N3CCN(c4ncccn4)CC3)c2)cc1. The van der Waals surface area contributed by atoms with Crippen molar-refractivity contribution in [2.45, 2.75) is 12.7 Å². The van der Waals surface area contributed by atoms with Crippen LogP contribution >= 0.6 is 0 Å². The third-order valence-corrected chi connectivity index (χ3v) is 7.12. The lowest BCUT2D eigenvalue weighted by atomic mass is 10.1. The highest BCUT2D eigenvalue weighted by Gasteiger charge is 2.24. The van der Waals surface area contributed by atoms with E-state index in [2.05, 4.69) is 15.3 Å². The average Bonchev–Trinajstić information content (AvgIpc) is 2.85. The van der Waals surface area contributed by atoms with Gasteiger partial charge in [0.25, 0.3) is 5.91 Å². The molecule has 1 fully saturated rings. The summed E-state index contributed by atoms with van der Waals surface area (Å²) in [6, 6.07) is 15.5. The number of nitrogens with zero attached hydrogens (tertiary/aromatic N) is 4. The van der Waals surface area contributed by atoms with Crippen LogP contribution in [-0.4, -0.2) is 67.0 Å². The number of nitrogens with one attached hydrogen (secondary N) is 1. The van der Waals surface area contributed by atoms with E-state index in [1.54, 1.807) is 59.8 Å². The Bertz CT molecular complexity index is 1290. The lowest BCUT2D eigenvalue weighted by molar-refractivity contribution is -0.113. The van der Waals surface area contributed by atoms with E-state index in [1.165, 1.54) is 0 Å². The smallest absolute Gasteiger partial charge is 0.253 e. The Kier molecular flexibility index (Phi) is 7.40. The maximum absolute atomic E-state index is 13.0. The Morgan fingerprint density at radius 2 is 1.63 bits per heavy atom. The van der Waals surface area contributed by atoms with E-state index in [-0.39, 0.29) is 11.7 Å². The molecule has 1 aromatic heterocycles. The monoisotopic (exact) mass is 493 g/mol. The normalized spacial score (nSPS) is 14.0. The summed E-state index contributed by atoms with van der Waals surface area (Å²) in [5.41, 5.74) is 2.47. The second-order valence-corrected chi connectivity index (χ2v) is 10.5. The van der Waals surface area contributed by atoms with Gasteiger partial charge in [-0.15, -0.1) is 0 Å².